The van der Waals surface area contributed by atoms with Crippen molar-refractivity contribution in [3.63, 3.8) is 0 Å². The third-order valence-electron chi connectivity index (χ3n) is 4.52. The minimum absolute atomic E-state index is 0.0445. The van der Waals surface area contributed by atoms with Gasteiger partial charge in [0.1, 0.15) is 11.4 Å². The summed E-state index contributed by atoms with van der Waals surface area (Å²) in [6, 6.07) is 10.9. The second-order valence-corrected chi connectivity index (χ2v) is 7.74. The van der Waals surface area contributed by atoms with Gasteiger partial charge in [-0.3, -0.25) is 4.79 Å². The van der Waals surface area contributed by atoms with Crippen LogP contribution in [0.5, 0.6) is 0 Å². The molecule has 1 aromatic carbocycles. The van der Waals surface area contributed by atoms with Gasteiger partial charge in [0.15, 0.2) is 5.76 Å². The first kappa shape index (κ1) is 16.6. The lowest BCUT2D eigenvalue weighted by Crippen LogP contribution is -2.43. The number of carbonyl (C=O) groups is 1. The van der Waals surface area contributed by atoms with E-state index in [1.54, 1.807) is 17.0 Å². The van der Waals surface area contributed by atoms with E-state index < -0.39 is 10.2 Å². The van der Waals surface area contributed by atoms with Gasteiger partial charge in [0, 0.05) is 19.3 Å². The molecule has 0 bridgehead atoms. The number of benzene rings is 1. The zero-order valence-corrected chi connectivity index (χ0v) is 14.9. The Balaban J connectivity index is 1.77. The predicted molar refractivity (Wildman–Crippen MR) is 97.1 cm³/mol. The number of amides is 1. The van der Waals surface area contributed by atoms with Crippen molar-refractivity contribution in [2.24, 2.45) is 4.40 Å². The molecular formula is C18H17N3O4S. The van der Waals surface area contributed by atoms with Gasteiger partial charge >= 0.3 is 10.2 Å². The van der Waals surface area contributed by atoms with Crippen molar-refractivity contribution in [1.29, 1.82) is 0 Å². The molecule has 0 N–H and O–H groups in total. The van der Waals surface area contributed by atoms with Gasteiger partial charge in [-0.15, -0.1) is 4.40 Å². The number of furan rings is 1. The number of fused-ring (bicyclic) bond motifs is 1. The fraction of sp³-hybridized carbons (Fsp3) is 0.222. The van der Waals surface area contributed by atoms with E-state index in [1.807, 2.05) is 24.3 Å². The number of para-hydroxylation sites is 1. The molecule has 4 rings (SSSR count). The lowest BCUT2D eigenvalue weighted by Gasteiger charge is -2.32. The molecule has 0 unspecified atom stereocenters. The van der Waals surface area contributed by atoms with Crippen LogP contribution in [0.2, 0.25) is 0 Å². The molecule has 0 fully saturated rings. The van der Waals surface area contributed by atoms with Crippen LogP contribution in [0.4, 0.5) is 5.69 Å². The molecule has 0 radical (unpaired) electrons. The van der Waals surface area contributed by atoms with Crippen LogP contribution in [0.3, 0.4) is 0 Å². The maximum absolute atomic E-state index is 13.2. The summed E-state index contributed by atoms with van der Waals surface area (Å²) in [6.07, 6.45) is 4.61. The van der Waals surface area contributed by atoms with Crippen LogP contribution in [0.1, 0.15) is 17.7 Å². The Morgan fingerprint density at radius 3 is 2.77 bits per heavy atom. The normalized spacial score (nSPS) is 18.8. The first-order chi connectivity index (χ1) is 12.5. The highest BCUT2D eigenvalue weighted by molar-refractivity contribution is 7.88. The Morgan fingerprint density at radius 1 is 1.19 bits per heavy atom. The van der Waals surface area contributed by atoms with Gasteiger partial charge in [-0.25, -0.2) is 4.31 Å². The van der Waals surface area contributed by atoms with Gasteiger partial charge < -0.3 is 9.32 Å². The molecule has 2 aliphatic rings. The fourth-order valence-corrected chi connectivity index (χ4v) is 4.07. The molecule has 8 heteroatoms. The average Bonchev–Trinajstić information content (AvgIpc) is 3.17. The fourth-order valence-electron chi connectivity index (χ4n) is 3.18. The highest BCUT2D eigenvalue weighted by Crippen LogP contribution is 2.30. The van der Waals surface area contributed by atoms with E-state index in [1.165, 1.54) is 19.4 Å². The number of carbonyl (C=O) groups excluding carboxylic acids is 1. The monoisotopic (exact) mass is 371 g/mol. The van der Waals surface area contributed by atoms with Crippen LogP contribution in [0, 0.1) is 0 Å². The van der Waals surface area contributed by atoms with Gasteiger partial charge in [0.05, 0.1) is 6.26 Å². The molecule has 1 amide bonds. The summed E-state index contributed by atoms with van der Waals surface area (Å²) in [5, 5.41) is 0. The van der Waals surface area contributed by atoms with E-state index in [2.05, 4.69) is 4.40 Å². The Morgan fingerprint density at radius 2 is 2.00 bits per heavy atom. The van der Waals surface area contributed by atoms with Crippen molar-refractivity contribution in [3.05, 3.63) is 65.8 Å². The maximum Gasteiger partial charge on any atom is 0.345 e. The van der Waals surface area contributed by atoms with E-state index in [9.17, 15) is 13.2 Å². The maximum atomic E-state index is 13.2. The van der Waals surface area contributed by atoms with Crippen molar-refractivity contribution in [3.8, 4) is 0 Å². The molecule has 0 atom stereocenters. The standard InChI is InChI=1S/C18H17N3O4S/c1-20-16(12-14(19-26(20,23)24)17-9-5-11-25-17)18(22)21-10-4-7-13-6-2-3-8-15(13)21/h2-3,5-6,8-9,11-12H,4,7,10H2,1H3. The summed E-state index contributed by atoms with van der Waals surface area (Å²) in [5.41, 5.74) is 2.05. The molecule has 2 aromatic rings. The lowest BCUT2D eigenvalue weighted by molar-refractivity contribution is -0.116. The molecule has 0 spiro atoms. The van der Waals surface area contributed by atoms with Crippen LogP contribution in [0.15, 0.2) is 63.2 Å². The highest BCUT2D eigenvalue weighted by Gasteiger charge is 2.34. The molecule has 134 valence electrons. The van der Waals surface area contributed by atoms with Crippen LogP contribution < -0.4 is 4.90 Å². The minimum Gasteiger partial charge on any atom is -0.463 e. The summed E-state index contributed by atoms with van der Waals surface area (Å²) < 4.78 is 34.7. The zero-order valence-electron chi connectivity index (χ0n) is 14.1. The van der Waals surface area contributed by atoms with Crippen LogP contribution in [-0.4, -0.2) is 37.9 Å². The second-order valence-electron chi connectivity index (χ2n) is 6.12. The molecule has 0 saturated heterocycles. The number of likely N-dealkylation sites (N-methyl/N-ethyl adjacent to an activating group) is 1. The largest absolute Gasteiger partial charge is 0.463 e. The first-order valence-corrected chi connectivity index (χ1v) is 9.61. The zero-order chi connectivity index (χ0) is 18.3. The van der Waals surface area contributed by atoms with E-state index >= 15 is 0 Å². The summed E-state index contributed by atoms with van der Waals surface area (Å²) in [6.45, 7) is 0.536. The predicted octanol–water partition coefficient (Wildman–Crippen LogP) is 2.12. The van der Waals surface area contributed by atoms with E-state index in [0.29, 0.717) is 12.3 Å². The van der Waals surface area contributed by atoms with Crippen molar-refractivity contribution in [1.82, 2.24) is 4.31 Å². The van der Waals surface area contributed by atoms with Crippen molar-refractivity contribution >= 4 is 27.5 Å². The number of hydrogen-bond acceptors (Lipinski definition) is 4. The molecule has 1 aromatic heterocycles. The molecule has 7 nitrogen and oxygen atoms in total. The molecule has 3 heterocycles. The number of aryl methyl sites for hydroxylation is 1. The number of allylic oxidation sites excluding steroid dienone is 1. The van der Waals surface area contributed by atoms with Crippen molar-refractivity contribution in [2.45, 2.75) is 12.8 Å². The molecule has 26 heavy (non-hydrogen) atoms. The molecule has 0 aliphatic carbocycles. The number of nitrogens with zero attached hydrogens (tertiary/aromatic N) is 3. The summed E-state index contributed by atoms with van der Waals surface area (Å²) in [5.74, 6) is -0.0757. The summed E-state index contributed by atoms with van der Waals surface area (Å²) in [4.78, 5) is 14.8. The van der Waals surface area contributed by atoms with Gasteiger partial charge in [-0.2, -0.15) is 8.42 Å². The molecule has 0 saturated carbocycles. The quantitative estimate of drug-likeness (QED) is 0.810. The van der Waals surface area contributed by atoms with Gasteiger partial charge in [0.25, 0.3) is 5.91 Å². The summed E-state index contributed by atoms with van der Waals surface area (Å²) >= 11 is 0. The smallest absolute Gasteiger partial charge is 0.345 e. The third-order valence-corrected chi connectivity index (χ3v) is 5.84. The SMILES string of the molecule is CN1C(C(=O)N2CCCc3ccccc32)=CC(c2ccco2)=NS1(=O)=O. The highest BCUT2D eigenvalue weighted by atomic mass is 32.2. The Labute approximate surface area is 151 Å². The van der Waals surface area contributed by atoms with Gasteiger partial charge in [-0.05, 0) is 42.7 Å². The van der Waals surface area contributed by atoms with E-state index in [4.69, 9.17) is 4.42 Å². The Kier molecular flexibility index (Phi) is 3.91. The average molecular weight is 371 g/mol. The van der Waals surface area contributed by atoms with Gasteiger partial charge in [-0.1, -0.05) is 18.2 Å². The first-order valence-electron chi connectivity index (χ1n) is 8.21. The number of anilines is 1. The minimum atomic E-state index is -4.00. The number of hydrogen-bond donors (Lipinski definition) is 0. The third kappa shape index (κ3) is 2.72. The van der Waals surface area contributed by atoms with Crippen molar-refractivity contribution < 1.29 is 17.6 Å². The second kappa shape index (κ2) is 6.14. The Bertz CT molecular complexity index is 1020. The van der Waals surface area contributed by atoms with E-state index in [0.717, 1.165) is 28.4 Å². The van der Waals surface area contributed by atoms with Crippen molar-refractivity contribution in [2.75, 3.05) is 18.5 Å². The van der Waals surface area contributed by atoms with Crippen LogP contribution in [0.25, 0.3) is 0 Å². The van der Waals surface area contributed by atoms with Crippen LogP contribution >= 0.6 is 0 Å². The lowest BCUT2D eigenvalue weighted by atomic mass is 10.0. The molecular weight excluding hydrogens is 354 g/mol. The van der Waals surface area contributed by atoms with Crippen LogP contribution in [-0.2, 0) is 21.4 Å². The summed E-state index contributed by atoms with van der Waals surface area (Å²) in [7, 11) is -2.67. The number of rotatable bonds is 2. The van der Waals surface area contributed by atoms with E-state index in [-0.39, 0.29) is 17.3 Å². The van der Waals surface area contributed by atoms with Gasteiger partial charge in [0.2, 0.25) is 0 Å². The topological polar surface area (TPSA) is 83.2 Å². The molecule has 2 aliphatic heterocycles. The Hall–Kier alpha value is -2.87.